The Labute approximate surface area is 115 Å². The van der Waals surface area contributed by atoms with Gasteiger partial charge in [0, 0.05) is 12.2 Å². The highest BCUT2D eigenvalue weighted by Gasteiger charge is 2.17. The average Bonchev–Trinajstić information content (AvgIpc) is 2.88. The number of anilines is 1. The van der Waals surface area contributed by atoms with Crippen LogP contribution in [-0.4, -0.2) is 8.42 Å². The lowest BCUT2D eigenvalue weighted by Crippen LogP contribution is -2.11. The van der Waals surface area contributed by atoms with Crippen LogP contribution in [0.2, 0.25) is 0 Å². The molecule has 5 nitrogen and oxygen atoms in total. The first-order chi connectivity index (χ1) is 9.05. The lowest BCUT2D eigenvalue weighted by Gasteiger charge is -2.07. The molecule has 0 fully saturated rings. The number of sulfonamides is 1. The summed E-state index contributed by atoms with van der Waals surface area (Å²) in [5, 5.41) is 8.71. The van der Waals surface area contributed by atoms with E-state index in [0.29, 0.717) is 17.1 Å². The molecule has 1 aromatic heterocycles. The molecule has 2 aromatic rings. The predicted molar refractivity (Wildman–Crippen MR) is 74.2 cm³/mol. The molecular formula is C12H11N3O2S2. The highest BCUT2D eigenvalue weighted by Crippen LogP contribution is 2.23. The van der Waals surface area contributed by atoms with Crippen LogP contribution in [0.3, 0.4) is 0 Å². The van der Waals surface area contributed by atoms with Gasteiger partial charge in [-0.1, -0.05) is 12.1 Å². The maximum absolute atomic E-state index is 12.1. The summed E-state index contributed by atoms with van der Waals surface area (Å²) in [6.45, 7) is 0.340. The minimum atomic E-state index is -3.65. The molecule has 0 radical (unpaired) electrons. The van der Waals surface area contributed by atoms with Gasteiger partial charge in [0.1, 0.15) is 15.2 Å². The second-order valence-electron chi connectivity index (χ2n) is 3.74. The summed E-state index contributed by atoms with van der Waals surface area (Å²) in [5.74, 6) is 0. The Morgan fingerprint density at radius 2 is 2.11 bits per heavy atom. The molecule has 0 amide bonds. The Morgan fingerprint density at radius 1 is 1.32 bits per heavy atom. The van der Waals surface area contributed by atoms with Gasteiger partial charge in [0.15, 0.2) is 0 Å². The first-order valence-electron chi connectivity index (χ1n) is 5.37. The fourth-order valence-electron chi connectivity index (χ4n) is 1.49. The van der Waals surface area contributed by atoms with E-state index in [4.69, 9.17) is 11.0 Å². The van der Waals surface area contributed by atoms with Gasteiger partial charge in [0.2, 0.25) is 0 Å². The molecule has 0 atom stereocenters. The molecule has 0 aliphatic heterocycles. The van der Waals surface area contributed by atoms with Gasteiger partial charge >= 0.3 is 0 Å². The largest absolute Gasteiger partial charge is 0.326 e. The second-order valence-corrected chi connectivity index (χ2v) is 6.73. The standard InChI is InChI=1S/C12H11N3O2S2/c13-7-9-2-1-3-10(6-9)15-19(16,17)12-5-4-11(8-14)18-12/h1-6,15H,7,13H2. The quantitative estimate of drug-likeness (QED) is 0.899. The Kier molecular flexibility index (Phi) is 3.85. The lowest BCUT2D eigenvalue weighted by atomic mass is 10.2. The van der Waals surface area contributed by atoms with Crippen molar-refractivity contribution < 1.29 is 8.42 Å². The summed E-state index contributed by atoms with van der Waals surface area (Å²) in [6, 6.07) is 11.7. The molecule has 0 aliphatic rings. The molecule has 1 aromatic carbocycles. The van der Waals surface area contributed by atoms with Crippen molar-refractivity contribution in [3.8, 4) is 6.07 Å². The van der Waals surface area contributed by atoms with E-state index in [2.05, 4.69) is 4.72 Å². The van der Waals surface area contributed by atoms with Crippen molar-refractivity contribution in [2.75, 3.05) is 4.72 Å². The van der Waals surface area contributed by atoms with Gasteiger partial charge in [-0.2, -0.15) is 5.26 Å². The van der Waals surface area contributed by atoms with Gasteiger partial charge in [0.05, 0.1) is 0 Å². The van der Waals surface area contributed by atoms with Gasteiger partial charge in [-0.25, -0.2) is 8.42 Å². The molecule has 2 rings (SSSR count). The summed E-state index contributed by atoms with van der Waals surface area (Å²) < 4.78 is 26.8. The molecular weight excluding hydrogens is 282 g/mol. The number of thiophene rings is 1. The number of rotatable bonds is 4. The van der Waals surface area contributed by atoms with Gasteiger partial charge in [-0.3, -0.25) is 4.72 Å². The van der Waals surface area contributed by atoms with Crippen LogP contribution in [-0.2, 0) is 16.6 Å². The van der Waals surface area contributed by atoms with Crippen molar-refractivity contribution in [1.29, 1.82) is 5.26 Å². The Hall–Kier alpha value is -1.88. The molecule has 98 valence electrons. The van der Waals surface area contributed by atoms with Crippen molar-refractivity contribution in [2.45, 2.75) is 10.8 Å². The number of nitrogens with zero attached hydrogens (tertiary/aromatic N) is 1. The predicted octanol–water partition coefficient (Wildman–Crippen LogP) is 1.88. The van der Waals surface area contributed by atoms with Crippen LogP contribution in [0.5, 0.6) is 0 Å². The Bertz CT molecular complexity index is 729. The Balaban J connectivity index is 2.28. The van der Waals surface area contributed by atoms with Crippen molar-refractivity contribution >= 4 is 27.0 Å². The molecule has 0 spiro atoms. The fraction of sp³-hybridized carbons (Fsp3) is 0.0833. The number of nitriles is 1. The first-order valence-corrected chi connectivity index (χ1v) is 7.67. The summed E-state index contributed by atoms with van der Waals surface area (Å²) in [5.41, 5.74) is 6.79. The van der Waals surface area contributed by atoms with Crippen LogP contribution in [0.15, 0.2) is 40.6 Å². The smallest absolute Gasteiger partial charge is 0.271 e. The fourth-order valence-corrected chi connectivity index (χ4v) is 3.64. The number of nitrogens with two attached hydrogens (primary N) is 1. The average molecular weight is 293 g/mol. The highest BCUT2D eigenvalue weighted by atomic mass is 32.2. The zero-order valence-corrected chi connectivity index (χ0v) is 11.5. The molecule has 7 heteroatoms. The number of nitrogens with one attached hydrogen (secondary N) is 1. The van der Waals surface area contributed by atoms with Crippen LogP contribution in [0.4, 0.5) is 5.69 Å². The minimum absolute atomic E-state index is 0.113. The van der Waals surface area contributed by atoms with Crippen molar-refractivity contribution in [3.63, 3.8) is 0 Å². The zero-order chi connectivity index (χ0) is 13.9. The molecule has 0 unspecified atom stereocenters. The topological polar surface area (TPSA) is 96.0 Å². The second kappa shape index (κ2) is 5.40. The lowest BCUT2D eigenvalue weighted by molar-refractivity contribution is 0.603. The molecule has 19 heavy (non-hydrogen) atoms. The van der Waals surface area contributed by atoms with Crippen LogP contribution >= 0.6 is 11.3 Å². The molecule has 0 aliphatic carbocycles. The van der Waals surface area contributed by atoms with Crippen molar-refractivity contribution in [1.82, 2.24) is 0 Å². The summed E-state index contributed by atoms with van der Waals surface area (Å²) in [4.78, 5) is 0.357. The van der Waals surface area contributed by atoms with Crippen LogP contribution < -0.4 is 10.5 Å². The molecule has 0 saturated heterocycles. The minimum Gasteiger partial charge on any atom is -0.326 e. The van der Waals surface area contributed by atoms with E-state index in [1.807, 2.05) is 12.1 Å². The Morgan fingerprint density at radius 3 is 2.74 bits per heavy atom. The summed E-state index contributed by atoms with van der Waals surface area (Å²) in [7, 11) is -3.65. The summed E-state index contributed by atoms with van der Waals surface area (Å²) in [6.07, 6.45) is 0. The monoisotopic (exact) mass is 293 g/mol. The van der Waals surface area contributed by atoms with E-state index in [-0.39, 0.29) is 4.21 Å². The summed E-state index contributed by atoms with van der Waals surface area (Å²) >= 11 is 0.933. The molecule has 0 bridgehead atoms. The van der Waals surface area contributed by atoms with Crippen LogP contribution in [0.25, 0.3) is 0 Å². The number of hydrogen-bond acceptors (Lipinski definition) is 5. The zero-order valence-electron chi connectivity index (χ0n) is 9.83. The maximum atomic E-state index is 12.1. The third-order valence-corrected chi connectivity index (χ3v) is 5.23. The van der Waals surface area contributed by atoms with Crippen LogP contribution in [0.1, 0.15) is 10.4 Å². The van der Waals surface area contributed by atoms with Gasteiger partial charge in [-0.15, -0.1) is 11.3 Å². The van der Waals surface area contributed by atoms with E-state index in [9.17, 15) is 8.42 Å². The highest BCUT2D eigenvalue weighted by molar-refractivity contribution is 7.94. The van der Waals surface area contributed by atoms with E-state index in [1.54, 1.807) is 18.2 Å². The number of hydrogen-bond donors (Lipinski definition) is 2. The van der Waals surface area contributed by atoms with Gasteiger partial charge in [0.25, 0.3) is 10.0 Å². The van der Waals surface area contributed by atoms with E-state index >= 15 is 0 Å². The third kappa shape index (κ3) is 3.12. The van der Waals surface area contributed by atoms with E-state index in [1.165, 1.54) is 12.1 Å². The van der Waals surface area contributed by atoms with Gasteiger partial charge in [-0.05, 0) is 29.8 Å². The molecule has 3 N–H and O–H groups in total. The molecule has 1 heterocycles. The van der Waals surface area contributed by atoms with E-state index < -0.39 is 10.0 Å². The first kappa shape index (κ1) is 13.5. The SMILES string of the molecule is N#Cc1ccc(S(=O)(=O)Nc2cccc(CN)c2)s1. The van der Waals surface area contributed by atoms with Crippen molar-refractivity contribution in [2.24, 2.45) is 5.73 Å². The third-order valence-electron chi connectivity index (χ3n) is 2.37. The number of benzene rings is 1. The van der Waals surface area contributed by atoms with Crippen LogP contribution in [0, 0.1) is 11.3 Å². The van der Waals surface area contributed by atoms with E-state index in [0.717, 1.165) is 16.9 Å². The maximum Gasteiger partial charge on any atom is 0.271 e. The van der Waals surface area contributed by atoms with Gasteiger partial charge < -0.3 is 5.73 Å². The molecule has 0 saturated carbocycles. The normalized spacial score (nSPS) is 10.9. The van der Waals surface area contributed by atoms with Crippen molar-refractivity contribution in [3.05, 3.63) is 46.8 Å².